The van der Waals surface area contributed by atoms with Gasteiger partial charge in [0.1, 0.15) is 5.75 Å². The molecule has 0 radical (unpaired) electrons. The molecular weight excluding hydrogens is 473 g/mol. The highest BCUT2D eigenvalue weighted by atomic mass is 127. The quantitative estimate of drug-likeness (QED) is 0.140. The number of rotatable bonds is 11. The van der Waals surface area contributed by atoms with Crippen molar-refractivity contribution in [2.75, 3.05) is 26.7 Å². The van der Waals surface area contributed by atoms with Gasteiger partial charge in [-0.2, -0.15) is 0 Å². The van der Waals surface area contributed by atoms with E-state index in [4.69, 9.17) is 4.74 Å². The first kappa shape index (κ1) is 26.4. The third-order valence-corrected chi connectivity index (χ3v) is 3.73. The number of carbonyl (C=O) groups is 1. The zero-order valence-electron chi connectivity index (χ0n) is 17.2. The molecule has 8 heteroatoms. The normalized spacial score (nSPS) is 12.1. The number of guanidine groups is 1. The zero-order valence-corrected chi connectivity index (χ0v) is 19.6. The molecule has 0 aliphatic rings. The van der Waals surface area contributed by atoms with E-state index in [-0.39, 0.29) is 42.6 Å². The molecule has 0 spiro atoms. The Balaban J connectivity index is 0.00000729. The Labute approximate surface area is 185 Å². The number of nitrogens with one attached hydrogen (secondary N) is 2. The number of methoxy groups -OCH3 is 1. The standard InChI is InChI=1S/C20H33N3O4.HI/c1-5-21-20(22-13-7-6-8-19(25)26-4)23-14-18(24)16-9-11-17(12-10-16)27-15(2)3;/h9-12,15,18,24H,5-8,13-14H2,1-4H3,(H2,21,22,23);1H. The van der Waals surface area contributed by atoms with Crippen LogP contribution in [-0.4, -0.2) is 49.9 Å². The summed E-state index contributed by atoms with van der Waals surface area (Å²) in [7, 11) is 1.40. The number of carbonyl (C=O) groups excluding carboxylic acids is 1. The average Bonchev–Trinajstić information content (AvgIpc) is 2.65. The Bertz CT molecular complexity index is 579. The van der Waals surface area contributed by atoms with E-state index in [1.807, 2.05) is 45.0 Å². The third kappa shape index (κ3) is 11.3. The smallest absolute Gasteiger partial charge is 0.305 e. The van der Waals surface area contributed by atoms with Gasteiger partial charge < -0.3 is 25.2 Å². The molecule has 0 heterocycles. The van der Waals surface area contributed by atoms with Gasteiger partial charge in [-0.1, -0.05) is 12.1 Å². The predicted octanol–water partition coefficient (Wildman–Crippen LogP) is 3.02. The zero-order chi connectivity index (χ0) is 20.1. The van der Waals surface area contributed by atoms with Gasteiger partial charge in [0, 0.05) is 19.5 Å². The van der Waals surface area contributed by atoms with Crippen LogP contribution in [-0.2, 0) is 9.53 Å². The van der Waals surface area contributed by atoms with Gasteiger partial charge in [0.15, 0.2) is 5.96 Å². The molecule has 0 saturated heterocycles. The van der Waals surface area contributed by atoms with E-state index < -0.39 is 6.10 Å². The number of nitrogens with zero attached hydrogens (tertiary/aromatic N) is 1. The summed E-state index contributed by atoms with van der Waals surface area (Å²) in [5, 5.41) is 16.7. The van der Waals surface area contributed by atoms with Crippen LogP contribution in [0, 0.1) is 0 Å². The van der Waals surface area contributed by atoms with Gasteiger partial charge in [0.2, 0.25) is 0 Å². The number of aliphatic hydroxyl groups is 1. The van der Waals surface area contributed by atoms with E-state index in [2.05, 4.69) is 20.4 Å². The van der Waals surface area contributed by atoms with Gasteiger partial charge in [-0.3, -0.25) is 9.79 Å². The van der Waals surface area contributed by atoms with Gasteiger partial charge in [-0.15, -0.1) is 24.0 Å². The monoisotopic (exact) mass is 507 g/mol. The lowest BCUT2D eigenvalue weighted by atomic mass is 10.1. The summed E-state index contributed by atoms with van der Waals surface area (Å²) < 4.78 is 10.2. The molecule has 0 aromatic heterocycles. The molecule has 0 aliphatic heterocycles. The minimum Gasteiger partial charge on any atom is -0.491 e. The number of aliphatic hydroxyl groups excluding tert-OH is 1. The number of benzene rings is 1. The topological polar surface area (TPSA) is 92.2 Å². The first-order valence-corrected chi connectivity index (χ1v) is 9.50. The molecule has 0 amide bonds. The van der Waals surface area contributed by atoms with Gasteiger partial charge in [0.05, 0.1) is 25.9 Å². The minimum atomic E-state index is -0.687. The van der Waals surface area contributed by atoms with Crippen LogP contribution in [0.2, 0.25) is 0 Å². The second kappa shape index (κ2) is 15.4. The Morgan fingerprint density at radius 2 is 1.86 bits per heavy atom. The van der Waals surface area contributed by atoms with Gasteiger partial charge in [-0.05, 0) is 51.3 Å². The highest BCUT2D eigenvalue weighted by molar-refractivity contribution is 14.0. The summed E-state index contributed by atoms with van der Waals surface area (Å²) in [6.45, 7) is 7.61. The van der Waals surface area contributed by atoms with Crippen molar-refractivity contribution in [3.63, 3.8) is 0 Å². The molecule has 1 atom stereocenters. The Morgan fingerprint density at radius 3 is 2.43 bits per heavy atom. The first-order valence-electron chi connectivity index (χ1n) is 9.50. The van der Waals surface area contributed by atoms with E-state index in [9.17, 15) is 9.90 Å². The summed E-state index contributed by atoms with van der Waals surface area (Å²) in [6, 6.07) is 7.41. The SMILES string of the molecule is CCNC(=NCC(O)c1ccc(OC(C)C)cc1)NCCCCC(=O)OC.I. The van der Waals surface area contributed by atoms with Crippen LogP contribution in [0.4, 0.5) is 0 Å². The lowest BCUT2D eigenvalue weighted by molar-refractivity contribution is -0.140. The number of aliphatic imine (C=N–C) groups is 1. The van der Waals surface area contributed by atoms with Crippen LogP contribution in [0.5, 0.6) is 5.75 Å². The van der Waals surface area contributed by atoms with Crippen molar-refractivity contribution in [3.05, 3.63) is 29.8 Å². The average molecular weight is 507 g/mol. The maximum Gasteiger partial charge on any atom is 0.305 e. The van der Waals surface area contributed by atoms with Crippen molar-refractivity contribution in [1.82, 2.24) is 10.6 Å². The van der Waals surface area contributed by atoms with Gasteiger partial charge in [-0.25, -0.2) is 0 Å². The summed E-state index contributed by atoms with van der Waals surface area (Å²) in [5.41, 5.74) is 0.795. The molecule has 160 valence electrons. The molecular formula is C20H34IN3O4. The van der Waals surface area contributed by atoms with Crippen molar-refractivity contribution in [2.45, 2.75) is 52.2 Å². The lowest BCUT2D eigenvalue weighted by Crippen LogP contribution is -2.38. The predicted molar refractivity (Wildman–Crippen MR) is 122 cm³/mol. The van der Waals surface area contributed by atoms with Crippen molar-refractivity contribution >= 4 is 35.9 Å². The van der Waals surface area contributed by atoms with Crippen molar-refractivity contribution in [2.24, 2.45) is 4.99 Å². The molecule has 3 N–H and O–H groups in total. The molecule has 28 heavy (non-hydrogen) atoms. The molecule has 1 aromatic carbocycles. The van der Waals surface area contributed by atoms with E-state index in [0.717, 1.165) is 30.7 Å². The van der Waals surface area contributed by atoms with Crippen LogP contribution in [0.1, 0.15) is 51.7 Å². The fourth-order valence-electron chi connectivity index (χ4n) is 2.37. The molecule has 7 nitrogen and oxygen atoms in total. The Hall–Kier alpha value is -1.55. The maximum atomic E-state index is 11.1. The van der Waals surface area contributed by atoms with Crippen molar-refractivity contribution in [1.29, 1.82) is 0 Å². The minimum absolute atomic E-state index is 0. The Kier molecular flexibility index (Phi) is 14.5. The van der Waals surface area contributed by atoms with Crippen molar-refractivity contribution in [3.8, 4) is 5.75 Å². The first-order chi connectivity index (χ1) is 13.0. The Morgan fingerprint density at radius 1 is 1.18 bits per heavy atom. The molecule has 1 aromatic rings. The number of halogens is 1. The maximum absolute atomic E-state index is 11.1. The van der Waals surface area contributed by atoms with Crippen LogP contribution < -0.4 is 15.4 Å². The number of hydrogen-bond donors (Lipinski definition) is 3. The van der Waals surface area contributed by atoms with Crippen LogP contribution in [0.15, 0.2) is 29.3 Å². The molecule has 0 bridgehead atoms. The summed E-state index contributed by atoms with van der Waals surface area (Å²) in [6.07, 6.45) is 1.44. The van der Waals surface area contributed by atoms with E-state index in [0.29, 0.717) is 18.9 Å². The lowest BCUT2D eigenvalue weighted by Gasteiger charge is -2.14. The summed E-state index contributed by atoms with van der Waals surface area (Å²) in [5.74, 6) is 1.24. The van der Waals surface area contributed by atoms with E-state index >= 15 is 0 Å². The second-order valence-electron chi connectivity index (χ2n) is 6.43. The van der Waals surface area contributed by atoms with Crippen LogP contribution in [0.3, 0.4) is 0 Å². The molecule has 1 unspecified atom stereocenters. The summed E-state index contributed by atoms with van der Waals surface area (Å²) in [4.78, 5) is 15.5. The fraction of sp³-hybridized carbons (Fsp3) is 0.600. The molecule has 0 fully saturated rings. The highest BCUT2D eigenvalue weighted by Gasteiger charge is 2.08. The van der Waals surface area contributed by atoms with Gasteiger partial charge in [0.25, 0.3) is 0 Å². The highest BCUT2D eigenvalue weighted by Crippen LogP contribution is 2.19. The largest absolute Gasteiger partial charge is 0.491 e. The van der Waals surface area contributed by atoms with Gasteiger partial charge >= 0.3 is 5.97 Å². The number of unbranched alkanes of at least 4 members (excludes halogenated alkanes) is 1. The van der Waals surface area contributed by atoms with E-state index in [1.165, 1.54) is 7.11 Å². The molecule has 0 saturated carbocycles. The number of ether oxygens (including phenoxy) is 2. The number of esters is 1. The van der Waals surface area contributed by atoms with Crippen molar-refractivity contribution < 1.29 is 19.4 Å². The van der Waals surface area contributed by atoms with E-state index in [1.54, 1.807) is 0 Å². The fourth-order valence-corrected chi connectivity index (χ4v) is 2.37. The third-order valence-electron chi connectivity index (χ3n) is 3.73. The van der Waals surface area contributed by atoms with Crippen LogP contribution >= 0.6 is 24.0 Å². The number of hydrogen-bond acceptors (Lipinski definition) is 5. The van der Waals surface area contributed by atoms with Crippen LogP contribution in [0.25, 0.3) is 0 Å². The molecule has 1 rings (SSSR count). The molecule has 0 aliphatic carbocycles. The second-order valence-corrected chi connectivity index (χ2v) is 6.43. The summed E-state index contributed by atoms with van der Waals surface area (Å²) >= 11 is 0.